The molecule has 0 aliphatic rings. The maximum atomic E-state index is 12.4. The third-order valence-corrected chi connectivity index (χ3v) is 3.40. The monoisotopic (exact) mass is 297 g/mol. The van der Waals surface area contributed by atoms with Crippen LogP contribution in [0.25, 0.3) is 11.0 Å². The molecule has 0 radical (unpaired) electrons. The number of aliphatic hydroxyl groups excluding tert-OH is 1. The number of hydrogen-bond donors (Lipinski definition) is 1. The summed E-state index contributed by atoms with van der Waals surface area (Å²) in [6, 6.07) is 12.2. The van der Waals surface area contributed by atoms with Gasteiger partial charge in [0.2, 0.25) is 0 Å². The van der Waals surface area contributed by atoms with Crippen LogP contribution < -0.4 is 5.43 Å². The van der Waals surface area contributed by atoms with E-state index in [0.717, 1.165) is 0 Å². The van der Waals surface area contributed by atoms with Crippen LogP contribution in [0.2, 0.25) is 0 Å². The van der Waals surface area contributed by atoms with Crippen LogP contribution in [0.1, 0.15) is 17.2 Å². The molecule has 0 fully saturated rings. The Kier molecular flexibility index (Phi) is 3.44. The number of hydrogen-bond acceptors (Lipinski definition) is 5. The largest absolute Gasteiger partial charge is 0.464 e. The van der Waals surface area contributed by atoms with Crippen LogP contribution in [0.4, 0.5) is 5.69 Å². The highest BCUT2D eigenvalue weighted by molar-refractivity contribution is 5.76. The zero-order chi connectivity index (χ0) is 15.7. The second-order valence-electron chi connectivity index (χ2n) is 4.77. The first-order valence-electron chi connectivity index (χ1n) is 6.51. The predicted molar refractivity (Wildman–Crippen MR) is 79.6 cm³/mol. The van der Waals surface area contributed by atoms with E-state index in [1.807, 2.05) is 0 Å². The molecule has 1 atom stereocenters. The van der Waals surface area contributed by atoms with Crippen molar-refractivity contribution < 1.29 is 14.4 Å². The Labute approximate surface area is 124 Å². The summed E-state index contributed by atoms with van der Waals surface area (Å²) in [5, 5.41) is 21.5. The normalized spacial score (nSPS) is 12.2. The molecule has 1 aromatic heterocycles. The number of fused-ring (bicyclic) bond motifs is 1. The van der Waals surface area contributed by atoms with Crippen molar-refractivity contribution in [2.45, 2.75) is 6.10 Å². The van der Waals surface area contributed by atoms with Gasteiger partial charge in [-0.15, -0.1) is 0 Å². The van der Waals surface area contributed by atoms with Gasteiger partial charge in [-0.2, -0.15) is 0 Å². The van der Waals surface area contributed by atoms with Gasteiger partial charge in [0.1, 0.15) is 18.0 Å². The maximum absolute atomic E-state index is 12.4. The first-order valence-corrected chi connectivity index (χ1v) is 6.51. The Hall–Kier alpha value is -2.99. The van der Waals surface area contributed by atoms with Crippen molar-refractivity contribution in [2.75, 3.05) is 0 Å². The number of nitro benzene ring substituents is 1. The topological polar surface area (TPSA) is 93.6 Å². The van der Waals surface area contributed by atoms with Gasteiger partial charge >= 0.3 is 0 Å². The lowest BCUT2D eigenvalue weighted by molar-refractivity contribution is -0.385. The number of nitro groups is 1. The molecule has 0 bridgehead atoms. The molecule has 0 saturated carbocycles. The minimum absolute atomic E-state index is 0.0409. The number of nitrogens with zero attached hydrogens (tertiary/aromatic N) is 1. The molecule has 6 heteroatoms. The van der Waals surface area contributed by atoms with E-state index in [-0.39, 0.29) is 22.2 Å². The van der Waals surface area contributed by atoms with Crippen LogP contribution in [0, 0.1) is 10.1 Å². The lowest BCUT2D eigenvalue weighted by Crippen LogP contribution is -2.14. The van der Waals surface area contributed by atoms with Gasteiger partial charge in [0.15, 0.2) is 5.43 Å². The smallest absolute Gasteiger partial charge is 0.269 e. The molecule has 110 valence electrons. The molecular formula is C16H11NO5. The summed E-state index contributed by atoms with van der Waals surface area (Å²) in [5.74, 6) is 0. The summed E-state index contributed by atoms with van der Waals surface area (Å²) in [7, 11) is 0. The number of aliphatic hydroxyl groups is 1. The summed E-state index contributed by atoms with van der Waals surface area (Å²) >= 11 is 0. The van der Waals surface area contributed by atoms with Crippen molar-refractivity contribution in [1.29, 1.82) is 0 Å². The molecule has 2 aromatic carbocycles. The van der Waals surface area contributed by atoms with Gasteiger partial charge in [-0.25, -0.2) is 0 Å². The lowest BCUT2D eigenvalue weighted by Gasteiger charge is -2.10. The molecule has 0 amide bonds. The van der Waals surface area contributed by atoms with Crippen LogP contribution in [0.5, 0.6) is 0 Å². The SMILES string of the molecule is O=c1c(C(O)c2cccc([N+](=O)[O-])c2)coc2ccccc12. The molecule has 3 aromatic rings. The number of non-ortho nitro benzene ring substituents is 1. The van der Waals surface area contributed by atoms with E-state index in [0.29, 0.717) is 11.0 Å². The van der Waals surface area contributed by atoms with E-state index in [4.69, 9.17) is 4.42 Å². The van der Waals surface area contributed by atoms with Crippen LogP contribution in [-0.4, -0.2) is 10.0 Å². The molecule has 0 aliphatic carbocycles. The first-order chi connectivity index (χ1) is 10.6. The molecule has 6 nitrogen and oxygen atoms in total. The van der Waals surface area contributed by atoms with E-state index in [1.54, 1.807) is 24.3 Å². The highest BCUT2D eigenvalue weighted by Gasteiger charge is 2.19. The quantitative estimate of drug-likeness (QED) is 0.592. The summed E-state index contributed by atoms with van der Waals surface area (Å²) in [5.41, 5.74) is 0.209. The van der Waals surface area contributed by atoms with Gasteiger partial charge in [0, 0.05) is 12.1 Å². The van der Waals surface area contributed by atoms with E-state index in [2.05, 4.69) is 0 Å². The fraction of sp³-hybridized carbons (Fsp3) is 0.0625. The summed E-state index contributed by atoms with van der Waals surface area (Å²) in [6.07, 6.45) is -0.102. The van der Waals surface area contributed by atoms with Crippen molar-refractivity contribution >= 4 is 16.7 Å². The van der Waals surface area contributed by atoms with Crippen molar-refractivity contribution in [3.8, 4) is 0 Å². The Morgan fingerprint density at radius 1 is 1.14 bits per heavy atom. The maximum Gasteiger partial charge on any atom is 0.269 e. The zero-order valence-corrected chi connectivity index (χ0v) is 11.3. The molecule has 1 N–H and O–H groups in total. The third kappa shape index (κ3) is 2.36. The van der Waals surface area contributed by atoms with Crippen LogP contribution in [-0.2, 0) is 0 Å². The summed E-state index contributed by atoms with van der Waals surface area (Å²) in [6.45, 7) is 0. The average Bonchev–Trinajstić information content (AvgIpc) is 2.55. The van der Waals surface area contributed by atoms with Gasteiger partial charge in [0.25, 0.3) is 5.69 Å². The van der Waals surface area contributed by atoms with Crippen molar-refractivity contribution in [1.82, 2.24) is 0 Å². The number of para-hydroxylation sites is 1. The third-order valence-electron chi connectivity index (χ3n) is 3.40. The van der Waals surface area contributed by atoms with Crippen molar-refractivity contribution in [3.63, 3.8) is 0 Å². The van der Waals surface area contributed by atoms with Crippen LogP contribution in [0.3, 0.4) is 0 Å². The lowest BCUT2D eigenvalue weighted by atomic mass is 10.0. The molecule has 1 heterocycles. The second-order valence-corrected chi connectivity index (χ2v) is 4.77. The molecule has 22 heavy (non-hydrogen) atoms. The van der Waals surface area contributed by atoms with E-state index in [9.17, 15) is 20.0 Å². The van der Waals surface area contributed by atoms with Gasteiger partial charge in [-0.3, -0.25) is 14.9 Å². The fourth-order valence-electron chi connectivity index (χ4n) is 2.27. The van der Waals surface area contributed by atoms with Gasteiger partial charge in [-0.1, -0.05) is 24.3 Å². The van der Waals surface area contributed by atoms with Crippen molar-refractivity contribution in [3.05, 3.63) is 86.3 Å². The van der Waals surface area contributed by atoms with Crippen LogP contribution >= 0.6 is 0 Å². The Balaban J connectivity index is 2.11. The van der Waals surface area contributed by atoms with E-state index < -0.39 is 11.0 Å². The van der Waals surface area contributed by atoms with E-state index >= 15 is 0 Å². The van der Waals surface area contributed by atoms with Gasteiger partial charge in [-0.05, 0) is 17.7 Å². The van der Waals surface area contributed by atoms with E-state index in [1.165, 1.54) is 30.5 Å². The van der Waals surface area contributed by atoms with Crippen molar-refractivity contribution in [2.24, 2.45) is 0 Å². The summed E-state index contributed by atoms with van der Waals surface area (Å²) < 4.78 is 5.35. The fourth-order valence-corrected chi connectivity index (χ4v) is 2.27. The van der Waals surface area contributed by atoms with Crippen LogP contribution in [0.15, 0.2) is 64.0 Å². The molecule has 0 spiro atoms. The Bertz CT molecular complexity index is 916. The second kappa shape index (κ2) is 5.42. The average molecular weight is 297 g/mol. The molecule has 0 aliphatic heterocycles. The molecule has 0 saturated heterocycles. The minimum Gasteiger partial charge on any atom is -0.464 e. The zero-order valence-electron chi connectivity index (χ0n) is 11.3. The van der Waals surface area contributed by atoms with Gasteiger partial charge < -0.3 is 9.52 Å². The number of rotatable bonds is 3. The van der Waals surface area contributed by atoms with Gasteiger partial charge in [0.05, 0.1) is 15.9 Å². The molecule has 3 rings (SSSR count). The number of benzene rings is 2. The predicted octanol–water partition coefficient (Wildman–Crippen LogP) is 2.78. The standard InChI is InChI=1S/C16H11NO5/c18-15(10-4-3-5-11(8-10)17(20)21)13-9-22-14-7-2-1-6-12(14)16(13)19/h1-9,15,18H. The molecular weight excluding hydrogens is 286 g/mol. The summed E-state index contributed by atoms with van der Waals surface area (Å²) in [4.78, 5) is 22.6. The first kappa shape index (κ1) is 14.0. The highest BCUT2D eigenvalue weighted by atomic mass is 16.6. The highest BCUT2D eigenvalue weighted by Crippen LogP contribution is 2.24. The molecule has 1 unspecified atom stereocenters. The Morgan fingerprint density at radius 3 is 2.68 bits per heavy atom. The minimum atomic E-state index is -1.29. The Morgan fingerprint density at radius 2 is 1.91 bits per heavy atom.